The Kier molecular flexibility index (Phi) is 4.52. The summed E-state index contributed by atoms with van der Waals surface area (Å²) in [5.74, 6) is 0.366. The van der Waals surface area contributed by atoms with Gasteiger partial charge in [0.25, 0.3) is 0 Å². The molecule has 4 rings (SSSR count). The van der Waals surface area contributed by atoms with Crippen LogP contribution in [0, 0.1) is 5.82 Å². The van der Waals surface area contributed by atoms with Crippen LogP contribution < -0.4 is 4.74 Å². The molecule has 0 amide bonds. The smallest absolute Gasteiger partial charge is 0.143 e. The molecule has 4 aromatic rings. The molecule has 0 aliphatic rings. The van der Waals surface area contributed by atoms with Crippen molar-refractivity contribution in [2.75, 3.05) is 7.11 Å². The van der Waals surface area contributed by atoms with E-state index in [1.165, 1.54) is 12.1 Å². The molecule has 3 heteroatoms. The third-order valence-electron chi connectivity index (χ3n) is 3.96. The van der Waals surface area contributed by atoms with Gasteiger partial charge in [-0.05, 0) is 24.3 Å². The number of ether oxygens (including phenoxy) is 1. The number of benzene rings is 3. The van der Waals surface area contributed by atoms with Gasteiger partial charge in [-0.1, -0.05) is 50.2 Å². The van der Waals surface area contributed by atoms with Gasteiger partial charge in [0, 0.05) is 16.8 Å². The lowest BCUT2D eigenvalue weighted by Gasteiger charge is -2.12. The van der Waals surface area contributed by atoms with E-state index in [1.54, 1.807) is 13.2 Å². The molecular formula is C21H20FNO. The van der Waals surface area contributed by atoms with Crippen molar-refractivity contribution in [2.24, 2.45) is 0 Å². The average molecular weight is 321 g/mol. The second-order valence-corrected chi connectivity index (χ2v) is 5.19. The molecule has 0 spiro atoms. The van der Waals surface area contributed by atoms with E-state index in [9.17, 15) is 4.39 Å². The highest BCUT2D eigenvalue weighted by Gasteiger charge is 2.15. The molecule has 2 nitrogen and oxygen atoms in total. The lowest BCUT2D eigenvalue weighted by atomic mass is 10.2. The minimum atomic E-state index is -0.280. The molecule has 24 heavy (non-hydrogen) atoms. The molecule has 0 atom stereocenters. The Labute approximate surface area is 141 Å². The number of halogens is 1. The Morgan fingerprint density at radius 1 is 0.792 bits per heavy atom. The molecule has 1 heterocycles. The summed E-state index contributed by atoms with van der Waals surface area (Å²) in [5, 5.41) is 2.29. The molecule has 3 aromatic carbocycles. The molecule has 0 saturated carbocycles. The standard InChI is InChI=1S/C19H14FNO.C2H6/c1-22-19-11-10-13(20)12-18(19)21-16-8-4-2-6-14(16)15-7-3-5-9-17(15)21;1-2/h2-12H,1H3;1-2H3. The summed E-state index contributed by atoms with van der Waals surface area (Å²) in [6.45, 7) is 4.00. The van der Waals surface area contributed by atoms with Crippen LogP contribution in [-0.4, -0.2) is 11.7 Å². The number of aromatic nitrogens is 1. The molecule has 0 unspecified atom stereocenters. The van der Waals surface area contributed by atoms with Crippen LogP contribution >= 0.6 is 0 Å². The van der Waals surface area contributed by atoms with Crippen LogP contribution in [0.5, 0.6) is 5.75 Å². The largest absolute Gasteiger partial charge is 0.495 e. The minimum Gasteiger partial charge on any atom is -0.495 e. The van der Waals surface area contributed by atoms with Crippen LogP contribution in [0.2, 0.25) is 0 Å². The van der Waals surface area contributed by atoms with Crippen LogP contribution in [0.4, 0.5) is 4.39 Å². The monoisotopic (exact) mass is 321 g/mol. The first kappa shape index (κ1) is 16.1. The maximum Gasteiger partial charge on any atom is 0.143 e. The summed E-state index contributed by atoms with van der Waals surface area (Å²) in [7, 11) is 1.60. The highest BCUT2D eigenvalue weighted by Crippen LogP contribution is 2.35. The molecule has 0 fully saturated rings. The fraction of sp³-hybridized carbons (Fsp3) is 0.143. The zero-order valence-electron chi connectivity index (χ0n) is 14.1. The van der Waals surface area contributed by atoms with Crippen LogP contribution in [0.1, 0.15) is 13.8 Å². The lowest BCUT2D eigenvalue weighted by molar-refractivity contribution is 0.412. The topological polar surface area (TPSA) is 14.2 Å². The second kappa shape index (κ2) is 6.75. The van der Waals surface area contributed by atoms with Gasteiger partial charge in [0.15, 0.2) is 0 Å². The maximum atomic E-state index is 13.8. The summed E-state index contributed by atoms with van der Waals surface area (Å²) in [5.41, 5.74) is 2.78. The van der Waals surface area contributed by atoms with Crippen LogP contribution in [0.25, 0.3) is 27.5 Å². The lowest BCUT2D eigenvalue weighted by Crippen LogP contribution is -1.98. The van der Waals surface area contributed by atoms with Gasteiger partial charge in [-0.15, -0.1) is 0 Å². The van der Waals surface area contributed by atoms with E-state index in [1.807, 2.05) is 54.8 Å². The maximum absolute atomic E-state index is 13.8. The zero-order valence-corrected chi connectivity index (χ0v) is 14.1. The van der Waals surface area contributed by atoms with E-state index in [0.29, 0.717) is 11.4 Å². The number of methoxy groups -OCH3 is 1. The van der Waals surface area contributed by atoms with Crippen molar-refractivity contribution in [2.45, 2.75) is 13.8 Å². The zero-order chi connectivity index (χ0) is 17.1. The predicted molar refractivity (Wildman–Crippen MR) is 98.6 cm³/mol. The van der Waals surface area contributed by atoms with Crippen LogP contribution in [0.15, 0.2) is 66.7 Å². The fourth-order valence-electron chi connectivity index (χ4n) is 3.02. The van der Waals surface area contributed by atoms with Crippen molar-refractivity contribution in [3.63, 3.8) is 0 Å². The summed E-state index contributed by atoms with van der Waals surface area (Å²) in [4.78, 5) is 0. The van der Waals surface area contributed by atoms with Crippen molar-refractivity contribution in [1.82, 2.24) is 4.57 Å². The Morgan fingerprint density at radius 3 is 1.88 bits per heavy atom. The average Bonchev–Trinajstić information content (AvgIpc) is 2.98. The first-order valence-corrected chi connectivity index (χ1v) is 8.11. The highest BCUT2D eigenvalue weighted by molar-refractivity contribution is 6.09. The first-order valence-electron chi connectivity index (χ1n) is 8.11. The Hall–Kier alpha value is -2.81. The summed E-state index contributed by atoms with van der Waals surface area (Å²) in [6, 6.07) is 20.8. The van der Waals surface area contributed by atoms with Gasteiger partial charge in [0.05, 0.1) is 23.8 Å². The number of fused-ring (bicyclic) bond motifs is 3. The SMILES string of the molecule is CC.COc1ccc(F)cc1-n1c2ccccc2c2ccccc21. The van der Waals surface area contributed by atoms with Crippen molar-refractivity contribution < 1.29 is 9.13 Å². The van der Waals surface area contributed by atoms with Crippen LogP contribution in [-0.2, 0) is 0 Å². The van der Waals surface area contributed by atoms with E-state index in [0.717, 1.165) is 21.8 Å². The van der Waals surface area contributed by atoms with Crippen molar-refractivity contribution in [1.29, 1.82) is 0 Å². The van der Waals surface area contributed by atoms with Gasteiger partial charge >= 0.3 is 0 Å². The van der Waals surface area contributed by atoms with Crippen molar-refractivity contribution >= 4 is 21.8 Å². The number of rotatable bonds is 2. The molecule has 0 radical (unpaired) electrons. The van der Waals surface area contributed by atoms with Crippen molar-refractivity contribution in [3.8, 4) is 11.4 Å². The first-order chi connectivity index (χ1) is 11.8. The summed E-state index contributed by atoms with van der Waals surface area (Å²) >= 11 is 0. The summed E-state index contributed by atoms with van der Waals surface area (Å²) < 4.78 is 21.3. The van der Waals surface area contributed by atoms with E-state index >= 15 is 0 Å². The predicted octanol–water partition coefficient (Wildman–Crippen LogP) is 5.96. The third-order valence-corrected chi connectivity index (χ3v) is 3.96. The Balaban J connectivity index is 0.000000815. The molecule has 0 bridgehead atoms. The minimum absolute atomic E-state index is 0.280. The molecule has 122 valence electrons. The third kappa shape index (κ3) is 2.52. The van der Waals surface area contributed by atoms with E-state index in [-0.39, 0.29) is 5.82 Å². The molecule has 0 aliphatic carbocycles. The Bertz CT molecular complexity index is 934. The van der Waals surface area contributed by atoms with Gasteiger partial charge in [-0.3, -0.25) is 0 Å². The van der Waals surface area contributed by atoms with Gasteiger partial charge in [0.1, 0.15) is 11.6 Å². The molecule has 0 N–H and O–H groups in total. The van der Waals surface area contributed by atoms with E-state index < -0.39 is 0 Å². The van der Waals surface area contributed by atoms with E-state index in [4.69, 9.17) is 4.74 Å². The van der Waals surface area contributed by atoms with Crippen LogP contribution in [0.3, 0.4) is 0 Å². The molecule has 1 aromatic heterocycles. The van der Waals surface area contributed by atoms with Gasteiger partial charge in [-0.2, -0.15) is 0 Å². The van der Waals surface area contributed by atoms with Gasteiger partial charge in [0.2, 0.25) is 0 Å². The normalized spacial score (nSPS) is 10.5. The number of nitrogens with zero attached hydrogens (tertiary/aromatic N) is 1. The molecule has 0 saturated heterocycles. The number of hydrogen-bond acceptors (Lipinski definition) is 1. The quantitative estimate of drug-likeness (QED) is 0.444. The fourth-order valence-corrected chi connectivity index (χ4v) is 3.02. The number of hydrogen-bond donors (Lipinski definition) is 0. The second-order valence-electron chi connectivity index (χ2n) is 5.19. The Morgan fingerprint density at radius 2 is 1.33 bits per heavy atom. The number of para-hydroxylation sites is 2. The van der Waals surface area contributed by atoms with Gasteiger partial charge < -0.3 is 9.30 Å². The van der Waals surface area contributed by atoms with E-state index in [2.05, 4.69) is 12.1 Å². The highest BCUT2D eigenvalue weighted by atomic mass is 19.1. The molecular weight excluding hydrogens is 301 g/mol. The summed E-state index contributed by atoms with van der Waals surface area (Å²) in [6.07, 6.45) is 0. The van der Waals surface area contributed by atoms with Crippen molar-refractivity contribution in [3.05, 3.63) is 72.5 Å². The molecule has 0 aliphatic heterocycles. The van der Waals surface area contributed by atoms with Gasteiger partial charge in [-0.25, -0.2) is 4.39 Å².